The predicted octanol–water partition coefficient (Wildman–Crippen LogP) is 4.38. The van der Waals surface area contributed by atoms with Gasteiger partial charge in [-0.05, 0) is 28.8 Å². The van der Waals surface area contributed by atoms with E-state index in [4.69, 9.17) is 11.6 Å². The lowest BCUT2D eigenvalue weighted by Gasteiger charge is -2.32. The van der Waals surface area contributed by atoms with Crippen LogP contribution in [0.2, 0.25) is 5.02 Å². The van der Waals surface area contributed by atoms with E-state index in [1.54, 1.807) is 4.90 Å². The number of quaternary nitrogens is 1. The normalized spacial score (nSPS) is 21.0. The smallest absolute Gasteiger partial charge is 0.135 e. The van der Waals surface area contributed by atoms with Gasteiger partial charge in [0.2, 0.25) is 0 Å². The first kappa shape index (κ1) is 14.3. The molecule has 1 aliphatic carbocycles. The third-order valence-electron chi connectivity index (χ3n) is 5.57. The zero-order chi connectivity index (χ0) is 16.1. The molecular weight excluding hydrogens is 314 g/mol. The first-order valence-electron chi connectivity index (χ1n) is 8.63. The molecule has 2 unspecified atom stereocenters. The molecule has 2 heteroatoms. The molecule has 0 fully saturated rings. The standard InChI is InChI=1S/C22H18ClN/c23-17-9-10-21-16(13-17)11-12-24(21)22-14-15-5-1-2-6-18(15)19-7-3-4-8-20(19)22/h1-10,13,22H,11-12,14H2/p+1. The summed E-state index contributed by atoms with van der Waals surface area (Å²) in [6, 6.07) is 24.7. The topological polar surface area (TPSA) is 4.44 Å². The van der Waals surface area contributed by atoms with Crippen molar-refractivity contribution in [3.63, 3.8) is 0 Å². The summed E-state index contributed by atoms with van der Waals surface area (Å²) in [6.07, 6.45) is 2.22. The summed E-state index contributed by atoms with van der Waals surface area (Å²) in [5.74, 6) is 0. The van der Waals surface area contributed by atoms with Gasteiger partial charge >= 0.3 is 0 Å². The SMILES string of the molecule is Clc1ccc2c(c1)CC[NH+]2C1Cc2ccccc2-c2ccccc21. The molecule has 5 rings (SSSR count). The summed E-state index contributed by atoms with van der Waals surface area (Å²) in [4.78, 5) is 1.59. The van der Waals surface area contributed by atoms with Gasteiger partial charge in [-0.2, -0.15) is 0 Å². The number of rotatable bonds is 1. The Bertz CT molecular complexity index is 931. The molecule has 0 amide bonds. The Labute approximate surface area is 147 Å². The van der Waals surface area contributed by atoms with Gasteiger partial charge in [-0.3, -0.25) is 4.90 Å². The average molecular weight is 333 g/mol. The van der Waals surface area contributed by atoms with E-state index >= 15 is 0 Å². The Kier molecular flexibility index (Phi) is 3.26. The molecule has 0 saturated carbocycles. The maximum atomic E-state index is 6.20. The van der Waals surface area contributed by atoms with Crippen molar-refractivity contribution < 1.29 is 4.90 Å². The summed E-state index contributed by atoms with van der Waals surface area (Å²) in [7, 11) is 0. The second kappa shape index (κ2) is 5.47. The van der Waals surface area contributed by atoms with Gasteiger partial charge in [0.05, 0.1) is 6.54 Å². The Balaban J connectivity index is 1.64. The van der Waals surface area contributed by atoms with E-state index in [9.17, 15) is 0 Å². The largest absolute Gasteiger partial charge is 0.296 e. The monoisotopic (exact) mass is 332 g/mol. The number of hydrogen-bond donors (Lipinski definition) is 1. The summed E-state index contributed by atoms with van der Waals surface area (Å²) >= 11 is 6.20. The fourth-order valence-corrected chi connectivity index (χ4v) is 4.69. The molecule has 0 radical (unpaired) electrons. The van der Waals surface area contributed by atoms with Crippen molar-refractivity contribution in [3.05, 3.63) is 88.4 Å². The zero-order valence-corrected chi connectivity index (χ0v) is 14.2. The highest BCUT2D eigenvalue weighted by atomic mass is 35.5. The quantitative estimate of drug-likeness (QED) is 0.674. The molecule has 0 saturated heterocycles. The molecule has 118 valence electrons. The van der Waals surface area contributed by atoms with Gasteiger partial charge in [-0.25, -0.2) is 0 Å². The summed E-state index contributed by atoms with van der Waals surface area (Å²) in [6.45, 7) is 1.15. The van der Waals surface area contributed by atoms with Crippen LogP contribution in [0.4, 0.5) is 5.69 Å². The van der Waals surface area contributed by atoms with Crippen molar-refractivity contribution in [2.45, 2.75) is 18.9 Å². The number of halogens is 1. The van der Waals surface area contributed by atoms with Crippen LogP contribution in [0.3, 0.4) is 0 Å². The minimum absolute atomic E-state index is 0.485. The lowest BCUT2D eigenvalue weighted by Crippen LogP contribution is -3.06. The van der Waals surface area contributed by atoms with Crippen LogP contribution in [-0.2, 0) is 12.8 Å². The van der Waals surface area contributed by atoms with Crippen LogP contribution in [0.1, 0.15) is 22.7 Å². The Hall–Kier alpha value is -2.09. The minimum atomic E-state index is 0.485. The molecule has 1 aliphatic heterocycles. The zero-order valence-electron chi connectivity index (χ0n) is 13.4. The van der Waals surface area contributed by atoms with Crippen molar-refractivity contribution >= 4 is 17.3 Å². The van der Waals surface area contributed by atoms with Gasteiger partial charge < -0.3 is 0 Å². The van der Waals surface area contributed by atoms with E-state index in [1.165, 1.54) is 33.5 Å². The second-order valence-electron chi connectivity index (χ2n) is 6.83. The highest BCUT2D eigenvalue weighted by Crippen LogP contribution is 2.38. The lowest BCUT2D eigenvalue weighted by atomic mass is 9.82. The van der Waals surface area contributed by atoms with Crippen molar-refractivity contribution in [2.75, 3.05) is 6.54 Å². The predicted molar refractivity (Wildman–Crippen MR) is 99.0 cm³/mol. The van der Waals surface area contributed by atoms with Crippen LogP contribution in [0.25, 0.3) is 11.1 Å². The Morgan fingerprint density at radius 1 is 0.833 bits per heavy atom. The summed E-state index contributed by atoms with van der Waals surface area (Å²) < 4.78 is 0. The van der Waals surface area contributed by atoms with Gasteiger partial charge in [-0.1, -0.05) is 60.1 Å². The van der Waals surface area contributed by atoms with Crippen LogP contribution in [0.5, 0.6) is 0 Å². The van der Waals surface area contributed by atoms with Gasteiger partial charge in [0.1, 0.15) is 11.7 Å². The Morgan fingerprint density at radius 3 is 2.54 bits per heavy atom. The molecule has 3 aromatic carbocycles. The lowest BCUT2D eigenvalue weighted by molar-refractivity contribution is -0.861. The van der Waals surface area contributed by atoms with Crippen LogP contribution in [-0.4, -0.2) is 6.54 Å². The van der Waals surface area contributed by atoms with Crippen molar-refractivity contribution in [1.29, 1.82) is 0 Å². The van der Waals surface area contributed by atoms with E-state index in [1.807, 2.05) is 6.07 Å². The first-order chi connectivity index (χ1) is 11.8. The van der Waals surface area contributed by atoms with Crippen molar-refractivity contribution in [2.24, 2.45) is 0 Å². The summed E-state index contributed by atoms with van der Waals surface area (Å²) in [5.41, 5.74) is 8.59. The van der Waals surface area contributed by atoms with Gasteiger partial charge in [-0.15, -0.1) is 0 Å². The van der Waals surface area contributed by atoms with E-state index in [-0.39, 0.29) is 0 Å². The van der Waals surface area contributed by atoms with E-state index in [2.05, 4.69) is 60.7 Å². The van der Waals surface area contributed by atoms with Crippen LogP contribution >= 0.6 is 11.6 Å². The number of fused-ring (bicyclic) bond motifs is 4. The molecule has 24 heavy (non-hydrogen) atoms. The second-order valence-corrected chi connectivity index (χ2v) is 7.26. The van der Waals surface area contributed by atoms with E-state index in [0.717, 1.165) is 24.4 Å². The molecule has 1 heterocycles. The van der Waals surface area contributed by atoms with Crippen LogP contribution in [0.15, 0.2) is 66.7 Å². The van der Waals surface area contributed by atoms with E-state index in [0.29, 0.717) is 6.04 Å². The van der Waals surface area contributed by atoms with Crippen molar-refractivity contribution in [3.8, 4) is 11.1 Å². The summed E-state index contributed by atoms with van der Waals surface area (Å²) in [5, 5.41) is 0.851. The third kappa shape index (κ3) is 2.12. The number of hydrogen-bond acceptors (Lipinski definition) is 0. The number of nitrogens with one attached hydrogen (secondary N) is 1. The molecule has 1 nitrogen and oxygen atoms in total. The van der Waals surface area contributed by atoms with Gasteiger partial charge in [0.15, 0.2) is 0 Å². The van der Waals surface area contributed by atoms with E-state index < -0.39 is 0 Å². The molecular formula is C22H19ClN+. The average Bonchev–Trinajstić information content (AvgIpc) is 3.04. The van der Waals surface area contributed by atoms with Gasteiger partial charge in [0.25, 0.3) is 0 Å². The van der Waals surface area contributed by atoms with Gasteiger partial charge in [0, 0.05) is 35.1 Å². The molecule has 0 aromatic heterocycles. The maximum absolute atomic E-state index is 6.20. The molecule has 2 aliphatic rings. The molecule has 0 spiro atoms. The number of benzene rings is 3. The molecule has 3 aromatic rings. The third-order valence-corrected chi connectivity index (χ3v) is 5.80. The maximum Gasteiger partial charge on any atom is 0.135 e. The molecule has 1 N–H and O–H groups in total. The van der Waals surface area contributed by atoms with Crippen molar-refractivity contribution in [1.82, 2.24) is 0 Å². The Morgan fingerprint density at radius 2 is 1.62 bits per heavy atom. The fourth-order valence-electron chi connectivity index (χ4n) is 4.50. The highest BCUT2D eigenvalue weighted by Gasteiger charge is 2.36. The minimum Gasteiger partial charge on any atom is -0.296 e. The first-order valence-corrected chi connectivity index (χ1v) is 9.01. The fraction of sp³-hybridized carbons (Fsp3) is 0.182. The van der Waals surface area contributed by atoms with Crippen LogP contribution < -0.4 is 4.90 Å². The highest BCUT2D eigenvalue weighted by molar-refractivity contribution is 6.30. The molecule has 2 atom stereocenters. The van der Waals surface area contributed by atoms with Crippen LogP contribution in [0, 0.1) is 0 Å². The molecule has 0 bridgehead atoms.